The fraction of sp³-hybridized carbons (Fsp3) is 0.0800. The van der Waals surface area contributed by atoms with E-state index < -0.39 is 0 Å². The van der Waals surface area contributed by atoms with Crippen LogP contribution in [0.15, 0.2) is 83.9 Å². The number of anilines is 1. The molecule has 158 valence electrons. The first-order valence-electron chi connectivity index (χ1n) is 9.89. The highest BCUT2D eigenvalue weighted by Gasteiger charge is 2.22. The molecule has 1 aromatic heterocycles. The summed E-state index contributed by atoms with van der Waals surface area (Å²) in [6.07, 6.45) is 0. The first kappa shape index (κ1) is 21.7. The third-order valence-corrected chi connectivity index (χ3v) is 6.18. The summed E-state index contributed by atoms with van der Waals surface area (Å²) in [5, 5.41) is 18.7. The maximum absolute atomic E-state index is 13.0. The van der Waals surface area contributed by atoms with Gasteiger partial charge >= 0.3 is 0 Å². The van der Waals surface area contributed by atoms with Gasteiger partial charge in [0.1, 0.15) is 16.7 Å². The van der Waals surface area contributed by atoms with E-state index in [0.717, 1.165) is 16.8 Å². The molecule has 4 rings (SSSR count). The summed E-state index contributed by atoms with van der Waals surface area (Å²) >= 11 is 7.69. The Morgan fingerprint density at radius 1 is 1.09 bits per heavy atom. The number of nitriles is 1. The van der Waals surface area contributed by atoms with Gasteiger partial charge in [0.05, 0.1) is 5.69 Å². The quantitative estimate of drug-likeness (QED) is 0.346. The second-order valence-corrected chi connectivity index (χ2v) is 8.46. The average Bonchev–Trinajstić information content (AvgIpc) is 3.16. The number of benzene rings is 3. The number of rotatable bonds is 6. The van der Waals surface area contributed by atoms with Crippen molar-refractivity contribution in [1.82, 2.24) is 9.78 Å². The van der Waals surface area contributed by atoms with Gasteiger partial charge in [0.25, 0.3) is 5.91 Å². The van der Waals surface area contributed by atoms with E-state index in [0.29, 0.717) is 32.7 Å². The molecule has 1 N–H and O–H groups in total. The van der Waals surface area contributed by atoms with Gasteiger partial charge < -0.3 is 5.32 Å². The highest BCUT2D eigenvalue weighted by atomic mass is 35.5. The Morgan fingerprint density at radius 2 is 1.84 bits per heavy atom. The molecular weight excluding hydrogens is 440 g/mol. The van der Waals surface area contributed by atoms with Gasteiger partial charge in [0, 0.05) is 16.3 Å². The molecule has 0 unspecified atom stereocenters. The molecule has 0 aliphatic carbocycles. The predicted octanol–water partition coefficient (Wildman–Crippen LogP) is 6.25. The van der Waals surface area contributed by atoms with Crippen LogP contribution in [0.25, 0.3) is 5.69 Å². The van der Waals surface area contributed by atoms with Crippen molar-refractivity contribution in [2.45, 2.75) is 17.7 Å². The van der Waals surface area contributed by atoms with Gasteiger partial charge in [0.15, 0.2) is 5.82 Å². The third kappa shape index (κ3) is 4.70. The largest absolute Gasteiger partial charge is 0.305 e. The van der Waals surface area contributed by atoms with Crippen molar-refractivity contribution in [2.24, 2.45) is 0 Å². The number of aromatic nitrogens is 2. The molecule has 0 aliphatic rings. The van der Waals surface area contributed by atoms with Crippen LogP contribution in [-0.2, 0) is 5.75 Å². The average molecular weight is 459 g/mol. The summed E-state index contributed by atoms with van der Waals surface area (Å²) in [5.74, 6) is 0.586. The van der Waals surface area contributed by atoms with Gasteiger partial charge in [-0.3, -0.25) is 4.79 Å². The van der Waals surface area contributed by atoms with E-state index in [9.17, 15) is 10.1 Å². The molecule has 0 bridgehead atoms. The molecular formula is C25H19ClN4OS. The molecule has 0 fully saturated rings. The molecule has 3 aromatic carbocycles. The van der Waals surface area contributed by atoms with E-state index in [2.05, 4.69) is 16.5 Å². The standard InChI is InChI=1S/C25H19ClN4OS/c1-17-8-7-10-18(14-17)24(31)28-23-21(15-27)25(29-30(23)20-11-3-2-4-12-20)32-16-19-9-5-6-13-22(19)26/h2-14H,16H2,1H3,(H,28,31). The zero-order chi connectivity index (χ0) is 22.5. The fourth-order valence-corrected chi connectivity index (χ4v) is 4.45. The Bertz CT molecular complexity index is 1310. The van der Waals surface area contributed by atoms with E-state index in [1.165, 1.54) is 11.8 Å². The summed E-state index contributed by atoms with van der Waals surface area (Å²) < 4.78 is 1.60. The number of para-hydroxylation sites is 1. The number of carbonyl (C=O) groups excluding carboxylic acids is 1. The first-order valence-corrected chi connectivity index (χ1v) is 11.3. The number of nitrogens with zero attached hydrogens (tertiary/aromatic N) is 3. The smallest absolute Gasteiger partial charge is 0.256 e. The topological polar surface area (TPSA) is 70.7 Å². The van der Waals surface area contributed by atoms with E-state index in [1.54, 1.807) is 16.8 Å². The van der Waals surface area contributed by atoms with Gasteiger partial charge in [0.2, 0.25) is 0 Å². The van der Waals surface area contributed by atoms with Gasteiger partial charge in [-0.1, -0.05) is 77.5 Å². The van der Waals surface area contributed by atoms with E-state index in [1.807, 2.05) is 73.7 Å². The summed E-state index contributed by atoms with van der Waals surface area (Å²) in [5.41, 5.74) is 3.49. The number of thioether (sulfide) groups is 1. The van der Waals surface area contributed by atoms with Crippen LogP contribution in [0.2, 0.25) is 5.02 Å². The Labute approximate surface area is 195 Å². The summed E-state index contributed by atoms with van der Waals surface area (Å²) in [4.78, 5) is 13.0. The molecule has 0 saturated heterocycles. The lowest BCUT2D eigenvalue weighted by atomic mass is 10.1. The Hall–Kier alpha value is -3.53. The Balaban J connectivity index is 1.72. The molecule has 0 aliphatic heterocycles. The van der Waals surface area contributed by atoms with Crippen LogP contribution in [0.3, 0.4) is 0 Å². The molecule has 0 saturated carbocycles. The minimum atomic E-state index is -0.301. The molecule has 0 radical (unpaired) electrons. The molecule has 1 heterocycles. The minimum absolute atomic E-state index is 0.301. The van der Waals surface area contributed by atoms with Crippen LogP contribution >= 0.6 is 23.4 Å². The molecule has 32 heavy (non-hydrogen) atoms. The van der Waals surface area contributed by atoms with Crippen LogP contribution < -0.4 is 5.32 Å². The SMILES string of the molecule is Cc1cccc(C(=O)Nc2c(C#N)c(SCc3ccccc3Cl)nn2-c2ccccc2)c1. The van der Waals surface area contributed by atoms with Crippen LogP contribution in [0.4, 0.5) is 5.82 Å². The predicted molar refractivity (Wildman–Crippen MR) is 128 cm³/mol. The molecule has 0 atom stereocenters. The highest BCUT2D eigenvalue weighted by Crippen LogP contribution is 2.33. The zero-order valence-corrected chi connectivity index (χ0v) is 18.8. The van der Waals surface area contributed by atoms with Crippen molar-refractivity contribution in [3.05, 3.63) is 106 Å². The number of nitrogens with one attached hydrogen (secondary N) is 1. The minimum Gasteiger partial charge on any atom is -0.305 e. The second kappa shape index (κ2) is 9.73. The van der Waals surface area contributed by atoms with Crippen molar-refractivity contribution in [3.8, 4) is 11.8 Å². The molecule has 5 nitrogen and oxygen atoms in total. The summed E-state index contributed by atoms with van der Waals surface area (Å²) in [6, 6.07) is 26.5. The maximum Gasteiger partial charge on any atom is 0.256 e. The van der Waals surface area contributed by atoms with Crippen LogP contribution in [0.5, 0.6) is 0 Å². The van der Waals surface area contributed by atoms with Crippen LogP contribution in [-0.4, -0.2) is 15.7 Å². The number of carbonyl (C=O) groups is 1. The third-order valence-electron chi connectivity index (χ3n) is 4.80. The Kier molecular flexibility index (Phi) is 6.60. The number of amides is 1. The van der Waals surface area contributed by atoms with Crippen molar-refractivity contribution in [2.75, 3.05) is 5.32 Å². The second-order valence-electron chi connectivity index (χ2n) is 7.09. The van der Waals surface area contributed by atoms with Gasteiger partial charge in [-0.15, -0.1) is 0 Å². The maximum atomic E-state index is 13.0. The molecule has 0 spiro atoms. The van der Waals surface area contributed by atoms with Crippen molar-refractivity contribution >= 4 is 35.1 Å². The molecule has 7 heteroatoms. The molecule has 1 amide bonds. The normalized spacial score (nSPS) is 10.5. The van der Waals surface area contributed by atoms with Gasteiger partial charge in [-0.05, 0) is 42.8 Å². The van der Waals surface area contributed by atoms with Crippen LogP contribution in [0.1, 0.15) is 27.0 Å². The monoisotopic (exact) mass is 458 g/mol. The summed E-state index contributed by atoms with van der Waals surface area (Å²) in [7, 11) is 0. The summed E-state index contributed by atoms with van der Waals surface area (Å²) in [6.45, 7) is 1.93. The number of aryl methyl sites for hydroxylation is 1. The van der Waals surface area contributed by atoms with Crippen LogP contribution in [0, 0.1) is 18.3 Å². The van der Waals surface area contributed by atoms with Crippen molar-refractivity contribution in [1.29, 1.82) is 5.26 Å². The Morgan fingerprint density at radius 3 is 2.56 bits per heavy atom. The number of hydrogen-bond donors (Lipinski definition) is 1. The van der Waals surface area contributed by atoms with Gasteiger partial charge in [-0.25, -0.2) is 4.68 Å². The fourth-order valence-electron chi connectivity index (χ4n) is 3.20. The number of hydrogen-bond acceptors (Lipinski definition) is 4. The first-order chi connectivity index (χ1) is 15.6. The van der Waals surface area contributed by atoms with E-state index >= 15 is 0 Å². The lowest BCUT2D eigenvalue weighted by molar-refractivity contribution is 0.102. The molecule has 4 aromatic rings. The van der Waals surface area contributed by atoms with Crippen molar-refractivity contribution < 1.29 is 4.79 Å². The van der Waals surface area contributed by atoms with Crippen molar-refractivity contribution in [3.63, 3.8) is 0 Å². The van der Waals surface area contributed by atoms with E-state index in [4.69, 9.17) is 11.6 Å². The lowest BCUT2D eigenvalue weighted by Gasteiger charge is -2.09. The number of halogens is 1. The lowest BCUT2D eigenvalue weighted by Crippen LogP contribution is -2.16. The zero-order valence-electron chi connectivity index (χ0n) is 17.2. The van der Waals surface area contributed by atoms with Gasteiger partial charge in [-0.2, -0.15) is 10.4 Å². The highest BCUT2D eigenvalue weighted by molar-refractivity contribution is 7.98. The van der Waals surface area contributed by atoms with E-state index in [-0.39, 0.29) is 5.91 Å².